The lowest BCUT2D eigenvalue weighted by atomic mass is 9.98. The van der Waals surface area contributed by atoms with Gasteiger partial charge in [0.1, 0.15) is 5.92 Å². The van der Waals surface area contributed by atoms with Crippen molar-refractivity contribution >= 4 is 11.9 Å². The molecule has 5 nitrogen and oxygen atoms in total. The molecule has 3 unspecified atom stereocenters. The summed E-state index contributed by atoms with van der Waals surface area (Å²) in [6, 6.07) is -0.913. The van der Waals surface area contributed by atoms with E-state index < -0.39 is 12.0 Å². The lowest BCUT2D eigenvalue weighted by molar-refractivity contribution is -0.149. The van der Waals surface area contributed by atoms with E-state index in [-0.39, 0.29) is 17.9 Å². The Morgan fingerprint density at radius 1 is 1.39 bits per heavy atom. The number of unbranched alkanes of at least 4 members (excludes halogenated alkanes) is 2. The van der Waals surface area contributed by atoms with Gasteiger partial charge >= 0.3 is 5.97 Å². The molecular formula is C13H24N2O3. The molecule has 3 atom stereocenters. The zero-order chi connectivity index (χ0) is 13.7. The van der Waals surface area contributed by atoms with Crippen LogP contribution in [0.25, 0.3) is 0 Å². The molecule has 0 radical (unpaired) electrons. The van der Waals surface area contributed by atoms with Crippen LogP contribution in [0.15, 0.2) is 0 Å². The van der Waals surface area contributed by atoms with Crippen LogP contribution in [-0.4, -0.2) is 42.0 Å². The number of hydrogen-bond donors (Lipinski definition) is 1. The Bertz CT molecular complexity index is 307. The molecule has 2 N–H and O–H groups in total. The first-order chi connectivity index (χ1) is 8.54. The summed E-state index contributed by atoms with van der Waals surface area (Å²) in [5.74, 6) is -1.01. The molecule has 104 valence electrons. The molecule has 0 aliphatic carbocycles. The first kappa shape index (κ1) is 15.0. The molecule has 1 heterocycles. The second-order valence-electron chi connectivity index (χ2n) is 4.78. The Balaban J connectivity index is 2.67. The van der Waals surface area contributed by atoms with Crippen LogP contribution in [0.3, 0.4) is 0 Å². The topological polar surface area (TPSA) is 72.6 Å². The Hall–Kier alpha value is -1.10. The lowest BCUT2D eigenvalue weighted by Gasteiger charge is -2.23. The van der Waals surface area contributed by atoms with E-state index in [4.69, 9.17) is 10.5 Å². The third kappa shape index (κ3) is 3.02. The molecular weight excluding hydrogens is 232 g/mol. The maximum atomic E-state index is 12.0. The van der Waals surface area contributed by atoms with Crippen LogP contribution in [-0.2, 0) is 14.3 Å². The Morgan fingerprint density at radius 3 is 2.61 bits per heavy atom. The number of ether oxygens (including phenoxy) is 1. The fourth-order valence-electron chi connectivity index (χ4n) is 2.47. The third-order valence-electron chi connectivity index (χ3n) is 3.53. The quantitative estimate of drug-likeness (QED) is 0.566. The van der Waals surface area contributed by atoms with Gasteiger partial charge in [-0.2, -0.15) is 0 Å². The van der Waals surface area contributed by atoms with Gasteiger partial charge in [-0.1, -0.05) is 19.8 Å². The average molecular weight is 256 g/mol. The van der Waals surface area contributed by atoms with Crippen molar-refractivity contribution in [2.24, 2.45) is 11.7 Å². The Morgan fingerprint density at radius 2 is 2.06 bits per heavy atom. The van der Waals surface area contributed by atoms with E-state index in [0.29, 0.717) is 13.2 Å². The minimum atomic E-state index is -0.749. The van der Waals surface area contributed by atoms with E-state index in [2.05, 4.69) is 6.92 Å². The van der Waals surface area contributed by atoms with Crippen molar-refractivity contribution in [2.45, 2.75) is 52.1 Å². The third-order valence-corrected chi connectivity index (χ3v) is 3.53. The molecule has 0 aromatic carbocycles. The van der Waals surface area contributed by atoms with Crippen LogP contribution in [0.2, 0.25) is 0 Å². The van der Waals surface area contributed by atoms with E-state index in [0.717, 1.165) is 19.3 Å². The van der Waals surface area contributed by atoms with Gasteiger partial charge in [0.25, 0.3) is 0 Å². The number of rotatable bonds is 6. The van der Waals surface area contributed by atoms with Gasteiger partial charge in [-0.25, -0.2) is 0 Å². The van der Waals surface area contributed by atoms with E-state index in [1.165, 1.54) is 0 Å². The summed E-state index contributed by atoms with van der Waals surface area (Å²) in [5, 5.41) is 0. The molecule has 5 heteroatoms. The summed E-state index contributed by atoms with van der Waals surface area (Å²) >= 11 is 0. The summed E-state index contributed by atoms with van der Waals surface area (Å²) < 4.78 is 4.99. The maximum Gasteiger partial charge on any atom is 0.313 e. The number of nitrogens with two attached hydrogens (primary N) is 1. The second-order valence-corrected chi connectivity index (χ2v) is 4.78. The SMILES string of the molecule is CCCCCN1C(=O)C(N)C(C(=O)OCC)C1C. The van der Waals surface area contributed by atoms with Gasteiger partial charge in [0.2, 0.25) is 5.91 Å². The zero-order valence-corrected chi connectivity index (χ0v) is 11.5. The number of carbonyl (C=O) groups excluding carboxylic acids is 2. The molecule has 18 heavy (non-hydrogen) atoms. The van der Waals surface area contributed by atoms with Gasteiger partial charge in [0.15, 0.2) is 0 Å². The minimum absolute atomic E-state index is 0.128. The Labute approximate surface area is 109 Å². The van der Waals surface area contributed by atoms with Crippen LogP contribution >= 0.6 is 0 Å². The number of nitrogens with zero attached hydrogens (tertiary/aromatic N) is 1. The van der Waals surface area contributed by atoms with E-state index >= 15 is 0 Å². The largest absolute Gasteiger partial charge is 0.466 e. The first-order valence-electron chi connectivity index (χ1n) is 6.77. The predicted octanol–water partition coefficient (Wildman–Crippen LogP) is 0.914. The van der Waals surface area contributed by atoms with Crippen molar-refractivity contribution in [3.8, 4) is 0 Å². The summed E-state index contributed by atoms with van der Waals surface area (Å²) in [6.45, 7) is 6.74. The first-order valence-corrected chi connectivity index (χ1v) is 6.77. The summed E-state index contributed by atoms with van der Waals surface area (Å²) in [5.41, 5.74) is 5.85. The molecule has 0 bridgehead atoms. The molecule has 0 aromatic heterocycles. The van der Waals surface area contributed by atoms with Crippen molar-refractivity contribution in [1.29, 1.82) is 0 Å². The predicted molar refractivity (Wildman–Crippen MR) is 68.8 cm³/mol. The monoisotopic (exact) mass is 256 g/mol. The summed E-state index contributed by atoms with van der Waals surface area (Å²) in [6.07, 6.45) is 3.13. The van der Waals surface area contributed by atoms with Crippen LogP contribution in [0, 0.1) is 5.92 Å². The minimum Gasteiger partial charge on any atom is -0.466 e. The maximum absolute atomic E-state index is 12.0. The molecule has 0 aromatic rings. The average Bonchev–Trinajstić information content (AvgIpc) is 2.53. The number of amides is 1. The molecule has 1 aliphatic rings. The highest BCUT2D eigenvalue weighted by molar-refractivity contribution is 5.92. The standard InChI is InChI=1S/C13H24N2O3/c1-4-6-7-8-15-9(3)10(11(14)12(15)16)13(17)18-5-2/h9-11H,4-8,14H2,1-3H3. The molecule has 1 rings (SSSR count). The molecule has 1 fully saturated rings. The fraction of sp³-hybridized carbons (Fsp3) is 0.846. The normalized spacial score (nSPS) is 27.7. The van der Waals surface area contributed by atoms with Crippen molar-refractivity contribution in [2.75, 3.05) is 13.2 Å². The van der Waals surface area contributed by atoms with Gasteiger partial charge in [-0.15, -0.1) is 0 Å². The molecule has 1 aliphatic heterocycles. The van der Waals surface area contributed by atoms with Crippen LogP contribution in [0.4, 0.5) is 0 Å². The van der Waals surface area contributed by atoms with Crippen molar-refractivity contribution in [1.82, 2.24) is 4.90 Å². The molecule has 0 saturated carbocycles. The number of hydrogen-bond acceptors (Lipinski definition) is 4. The lowest BCUT2D eigenvalue weighted by Crippen LogP contribution is -2.39. The molecule has 1 saturated heterocycles. The van der Waals surface area contributed by atoms with E-state index in [9.17, 15) is 9.59 Å². The summed E-state index contributed by atoms with van der Waals surface area (Å²) in [7, 11) is 0. The van der Waals surface area contributed by atoms with E-state index in [1.54, 1.807) is 11.8 Å². The number of carbonyl (C=O) groups is 2. The second kappa shape index (κ2) is 6.73. The van der Waals surface area contributed by atoms with Crippen LogP contribution < -0.4 is 5.73 Å². The van der Waals surface area contributed by atoms with Gasteiger partial charge in [-0.05, 0) is 20.3 Å². The van der Waals surface area contributed by atoms with Gasteiger partial charge < -0.3 is 15.4 Å². The number of likely N-dealkylation sites (tertiary alicyclic amines) is 1. The van der Waals surface area contributed by atoms with Crippen LogP contribution in [0.5, 0.6) is 0 Å². The highest BCUT2D eigenvalue weighted by atomic mass is 16.5. The van der Waals surface area contributed by atoms with Gasteiger partial charge in [-0.3, -0.25) is 9.59 Å². The van der Waals surface area contributed by atoms with Crippen molar-refractivity contribution in [3.05, 3.63) is 0 Å². The smallest absolute Gasteiger partial charge is 0.313 e. The highest BCUT2D eigenvalue weighted by Crippen LogP contribution is 2.26. The van der Waals surface area contributed by atoms with E-state index in [1.807, 2.05) is 6.92 Å². The highest BCUT2D eigenvalue weighted by Gasteiger charge is 2.48. The molecule has 0 spiro atoms. The van der Waals surface area contributed by atoms with Crippen molar-refractivity contribution < 1.29 is 14.3 Å². The summed E-state index contributed by atoms with van der Waals surface area (Å²) in [4.78, 5) is 25.6. The van der Waals surface area contributed by atoms with Gasteiger partial charge in [0.05, 0.1) is 12.6 Å². The Kier molecular flexibility index (Phi) is 5.59. The number of esters is 1. The zero-order valence-electron chi connectivity index (χ0n) is 11.5. The fourth-order valence-corrected chi connectivity index (χ4v) is 2.47. The van der Waals surface area contributed by atoms with Gasteiger partial charge in [0, 0.05) is 12.6 Å². The van der Waals surface area contributed by atoms with Crippen LogP contribution in [0.1, 0.15) is 40.0 Å². The van der Waals surface area contributed by atoms with Crippen molar-refractivity contribution in [3.63, 3.8) is 0 Å². The molecule has 1 amide bonds.